The molecule has 8 heteroatoms. The Hall–Kier alpha value is -0.810. The number of hydrogen-bond acceptors (Lipinski definition) is 3. The third kappa shape index (κ3) is 8.20. The lowest BCUT2D eigenvalue weighted by molar-refractivity contribution is -0.134. The standard InChI is InChI=1S/C7H11F3N2O2S/c1-6(5-11)12-15(13,14)4-2-3-7(8,9)10/h6,12H,2-4H2,1H3. The van der Waals surface area contributed by atoms with Crippen molar-refractivity contribution in [1.29, 1.82) is 5.26 Å². The molecule has 0 saturated heterocycles. The summed E-state index contributed by atoms with van der Waals surface area (Å²) in [6.45, 7) is 1.31. The summed E-state index contributed by atoms with van der Waals surface area (Å²) in [5.74, 6) is -0.626. The first-order valence-electron chi connectivity index (χ1n) is 4.12. The molecule has 0 fully saturated rings. The molecule has 0 aromatic carbocycles. The van der Waals surface area contributed by atoms with Gasteiger partial charge >= 0.3 is 6.18 Å². The summed E-state index contributed by atoms with van der Waals surface area (Å²) >= 11 is 0. The summed E-state index contributed by atoms with van der Waals surface area (Å²) in [7, 11) is -3.79. The van der Waals surface area contributed by atoms with Crippen LogP contribution >= 0.6 is 0 Å². The largest absolute Gasteiger partial charge is 0.389 e. The highest BCUT2D eigenvalue weighted by Crippen LogP contribution is 2.21. The maximum atomic E-state index is 11.7. The zero-order valence-electron chi connectivity index (χ0n) is 8.00. The third-order valence-corrected chi connectivity index (χ3v) is 2.96. The number of nitrogens with one attached hydrogen (secondary N) is 1. The number of sulfonamides is 1. The monoisotopic (exact) mass is 244 g/mol. The van der Waals surface area contributed by atoms with Gasteiger partial charge in [-0.05, 0) is 13.3 Å². The molecule has 0 bridgehead atoms. The Balaban J connectivity index is 4.03. The van der Waals surface area contributed by atoms with Crippen molar-refractivity contribution in [3.05, 3.63) is 0 Å². The lowest BCUT2D eigenvalue weighted by Gasteiger charge is -2.08. The van der Waals surface area contributed by atoms with Gasteiger partial charge in [0.15, 0.2) is 0 Å². The molecule has 0 radical (unpaired) electrons. The molecule has 0 heterocycles. The van der Waals surface area contributed by atoms with Crippen molar-refractivity contribution in [2.45, 2.75) is 32.0 Å². The Morgan fingerprint density at radius 3 is 2.40 bits per heavy atom. The Labute approximate surface area is 86.1 Å². The fourth-order valence-electron chi connectivity index (χ4n) is 0.817. The van der Waals surface area contributed by atoms with Gasteiger partial charge in [0.2, 0.25) is 10.0 Å². The molecular weight excluding hydrogens is 233 g/mol. The van der Waals surface area contributed by atoms with E-state index in [0.717, 1.165) is 0 Å². The van der Waals surface area contributed by atoms with Crippen LogP contribution in [0.3, 0.4) is 0 Å². The summed E-state index contributed by atoms with van der Waals surface area (Å²) in [5.41, 5.74) is 0. The number of nitrogens with zero attached hydrogens (tertiary/aromatic N) is 1. The van der Waals surface area contributed by atoms with E-state index in [9.17, 15) is 21.6 Å². The normalized spacial score (nSPS) is 14.6. The molecule has 0 aromatic heterocycles. The Morgan fingerprint density at radius 1 is 1.47 bits per heavy atom. The molecular formula is C7H11F3N2O2S. The summed E-state index contributed by atoms with van der Waals surface area (Å²) in [6, 6.07) is 0.685. The van der Waals surface area contributed by atoms with Gasteiger partial charge in [0.25, 0.3) is 0 Å². The maximum absolute atomic E-state index is 11.7. The van der Waals surface area contributed by atoms with Crippen LogP contribution in [0.5, 0.6) is 0 Å². The van der Waals surface area contributed by atoms with Gasteiger partial charge in [0.1, 0.15) is 6.04 Å². The third-order valence-electron chi connectivity index (χ3n) is 1.42. The molecule has 0 amide bonds. The molecule has 1 unspecified atom stereocenters. The summed E-state index contributed by atoms with van der Waals surface area (Å²) < 4.78 is 59.1. The Bertz CT molecular complexity index is 331. The van der Waals surface area contributed by atoms with Gasteiger partial charge < -0.3 is 0 Å². The highest BCUT2D eigenvalue weighted by Gasteiger charge is 2.27. The van der Waals surface area contributed by atoms with Crippen LogP contribution in [-0.4, -0.2) is 26.4 Å². The van der Waals surface area contributed by atoms with Gasteiger partial charge in [-0.2, -0.15) is 23.2 Å². The Kier molecular flexibility index (Phi) is 5.03. The SMILES string of the molecule is CC(C#N)NS(=O)(=O)CCCC(F)(F)F. The van der Waals surface area contributed by atoms with E-state index in [2.05, 4.69) is 0 Å². The van der Waals surface area contributed by atoms with Crippen molar-refractivity contribution in [1.82, 2.24) is 4.72 Å². The highest BCUT2D eigenvalue weighted by molar-refractivity contribution is 7.89. The molecule has 1 atom stereocenters. The van der Waals surface area contributed by atoms with E-state index in [1.54, 1.807) is 6.07 Å². The van der Waals surface area contributed by atoms with Gasteiger partial charge in [-0.15, -0.1) is 0 Å². The van der Waals surface area contributed by atoms with Crippen molar-refractivity contribution in [3.8, 4) is 6.07 Å². The molecule has 0 aliphatic carbocycles. The molecule has 4 nitrogen and oxygen atoms in total. The zero-order valence-corrected chi connectivity index (χ0v) is 8.82. The van der Waals surface area contributed by atoms with E-state index in [1.807, 2.05) is 4.72 Å². The number of nitriles is 1. The maximum Gasteiger partial charge on any atom is 0.389 e. The van der Waals surface area contributed by atoms with Crippen molar-refractivity contribution >= 4 is 10.0 Å². The molecule has 0 saturated carbocycles. The summed E-state index contributed by atoms with van der Waals surface area (Å²) in [5, 5.41) is 8.30. The first kappa shape index (κ1) is 14.2. The Morgan fingerprint density at radius 2 is 2.00 bits per heavy atom. The van der Waals surface area contributed by atoms with Crippen molar-refractivity contribution in [2.24, 2.45) is 0 Å². The van der Waals surface area contributed by atoms with Crippen LogP contribution in [0.25, 0.3) is 0 Å². The molecule has 15 heavy (non-hydrogen) atoms. The molecule has 88 valence electrons. The van der Waals surface area contributed by atoms with Crippen LogP contribution in [0, 0.1) is 11.3 Å². The van der Waals surface area contributed by atoms with Crippen LogP contribution in [-0.2, 0) is 10.0 Å². The fourth-order valence-corrected chi connectivity index (χ4v) is 2.05. The first-order chi connectivity index (χ1) is 6.66. The minimum atomic E-state index is -4.35. The molecule has 0 aromatic rings. The number of alkyl halides is 3. The van der Waals surface area contributed by atoms with Crippen LogP contribution in [0.2, 0.25) is 0 Å². The van der Waals surface area contributed by atoms with E-state index >= 15 is 0 Å². The van der Waals surface area contributed by atoms with E-state index in [0.29, 0.717) is 0 Å². The van der Waals surface area contributed by atoms with E-state index < -0.39 is 40.8 Å². The first-order valence-corrected chi connectivity index (χ1v) is 5.78. The van der Waals surface area contributed by atoms with Crippen LogP contribution < -0.4 is 4.72 Å². The van der Waals surface area contributed by atoms with Gasteiger partial charge in [-0.25, -0.2) is 8.42 Å². The molecule has 0 aliphatic rings. The van der Waals surface area contributed by atoms with E-state index in [-0.39, 0.29) is 0 Å². The second kappa shape index (κ2) is 5.32. The second-order valence-electron chi connectivity index (χ2n) is 3.01. The highest BCUT2D eigenvalue weighted by atomic mass is 32.2. The lowest BCUT2D eigenvalue weighted by Crippen LogP contribution is -2.33. The minimum Gasteiger partial charge on any atom is -0.212 e. The minimum absolute atomic E-state index is 0.503. The van der Waals surface area contributed by atoms with Crippen LogP contribution in [0.4, 0.5) is 13.2 Å². The average Bonchev–Trinajstić information content (AvgIpc) is 2.00. The van der Waals surface area contributed by atoms with Gasteiger partial charge in [-0.1, -0.05) is 0 Å². The van der Waals surface area contributed by atoms with Gasteiger partial charge in [0, 0.05) is 6.42 Å². The smallest absolute Gasteiger partial charge is 0.212 e. The lowest BCUT2D eigenvalue weighted by atomic mass is 10.3. The van der Waals surface area contributed by atoms with Crippen LogP contribution in [0.1, 0.15) is 19.8 Å². The topological polar surface area (TPSA) is 70.0 Å². The zero-order chi connectivity index (χ0) is 12.1. The summed E-state index contributed by atoms with van der Waals surface area (Å²) in [4.78, 5) is 0. The predicted molar refractivity (Wildman–Crippen MR) is 47.3 cm³/mol. The second-order valence-corrected chi connectivity index (χ2v) is 4.88. The average molecular weight is 244 g/mol. The molecule has 0 rings (SSSR count). The van der Waals surface area contributed by atoms with Crippen molar-refractivity contribution in [2.75, 3.05) is 5.75 Å². The number of halogens is 3. The van der Waals surface area contributed by atoms with Gasteiger partial charge in [0.05, 0.1) is 11.8 Å². The van der Waals surface area contributed by atoms with Crippen LogP contribution in [0.15, 0.2) is 0 Å². The van der Waals surface area contributed by atoms with Crippen molar-refractivity contribution in [3.63, 3.8) is 0 Å². The summed E-state index contributed by atoms with van der Waals surface area (Å²) in [6.07, 6.45) is -6.00. The fraction of sp³-hybridized carbons (Fsp3) is 0.857. The molecule has 0 spiro atoms. The predicted octanol–water partition coefficient (Wildman–Crippen LogP) is 1.16. The molecule has 1 N–H and O–H groups in total. The number of hydrogen-bond donors (Lipinski definition) is 1. The van der Waals surface area contributed by atoms with E-state index in [1.165, 1.54) is 6.92 Å². The molecule has 0 aliphatic heterocycles. The van der Waals surface area contributed by atoms with E-state index in [4.69, 9.17) is 5.26 Å². The van der Waals surface area contributed by atoms with Gasteiger partial charge in [-0.3, -0.25) is 0 Å². The van der Waals surface area contributed by atoms with Crippen molar-refractivity contribution < 1.29 is 21.6 Å². The quantitative estimate of drug-likeness (QED) is 0.788. The number of rotatable bonds is 5.